The minimum absolute atomic E-state index is 0.133. The Kier molecular flexibility index (Phi) is 4.61. The summed E-state index contributed by atoms with van der Waals surface area (Å²) in [5, 5.41) is 9.64. The van der Waals surface area contributed by atoms with Crippen LogP contribution in [0.3, 0.4) is 0 Å². The lowest BCUT2D eigenvalue weighted by Gasteiger charge is -2.10. The van der Waals surface area contributed by atoms with Crippen molar-refractivity contribution in [2.75, 3.05) is 12.4 Å². The molecule has 1 aromatic heterocycles. The molecule has 2 aromatic rings. The number of thiophene rings is 1. The predicted octanol–water partition coefficient (Wildman–Crippen LogP) is 1.59. The number of carbonyl (C=O) groups is 1. The van der Waals surface area contributed by atoms with Gasteiger partial charge in [-0.25, -0.2) is 13.6 Å². The molecule has 0 aliphatic carbocycles. The number of carbonyl (C=O) groups excluding carboxylic acids is 1. The van der Waals surface area contributed by atoms with Gasteiger partial charge in [-0.05, 0) is 29.6 Å². The van der Waals surface area contributed by atoms with Gasteiger partial charge in [0.1, 0.15) is 10.6 Å². The quantitative estimate of drug-likeness (QED) is 0.871. The van der Waals surface area contributed by atoms with Crippen molar-refractivity contribution in [3.05, 3.63) is 40.6 Å². The molecule has 0 fully saturated rings. The monoisotopic (exact) mass is 326 g/mol. The van der Waals surface area contributed by atoms with Crippen molar-refractivity contribution < 1.29 is 17.9 Å². The maximum absolute atomic E-state index is 11.9. The van der Waals surface area contributed by atoms with Gasteiger partial charge in [-0.1, -0.05) is 6.07 Å². The van der Waals surface area contributed by atoms with Crippen LogP contribution in [0.2, 0.25) is 0 Å². The van der Waals surface area contributed by atoms with Gasteiger partial charge in [-0.15, -0.1) is 11.3 Å². The summed E-state index contributed by atoms with van der Waals surface area (Å²) in [6.07, 6.45) is 0.231. The van der Waals surface area contributed by atoms with Crippen LogP contribution in [0.5, 0.6) is 5.75 Å². The second-order valence-corrected chi connectivity index (χ2v) is 6.78. The van der Waals surface area contributed by atoms with Gasteiger partial charge in [0, 0.05) is 10.6 Å². The highest BCUT2D eigenvalue weighted by Gasteiger charge is 2.16. The Hall–Kier alpha value is -1.90. The van der Waals surface area contributed by atoms with Gasteiger partial charge >= 0.3 is 0 Å². The highest BCUT2D eigenvalue weighted by molar-refractivity contribution is 7.89. The van der Waals surface area contributed by atoms with Crippen molar-refractivity contribution in [3.8, 4) is 5.75 Å². The first-order valence-electron chi connectivity index (χ1n) is 5.93. The summed E-state index contributed by atoms with van der Waals surface area (Å²) >= 11 is 1.48. The Balaban J connectivity index is 2.19. The summed E-state index contributed by atoms with van der Waals surface area (Å²) in [6, 6.07) is 7.99. The van der Waals surface area contributed by atoms with E-state index in [1.807, 2.05) is 17.5 Å². The number of nitrogens with one attached hydrogen (secondary N) is 1. The fourth-order valence-corrected chi connectivity index (χ4v) is 3.18. The first-order valence-corrected chi connectivity index (χ1v) is 8.36. The van der Waals surface area contributed by atoms with Crippen molar-refractivity contribution in [2.45, 2.75) is 11.3 Å². The molecule has 0 atom stereocenters. The van der Waals surface area contributed by atoms with Gasteiger partial charge in [0.05, 0.1) is 13.5 Å². The minimum atomic E-state index is -3.93. The summed E-state index contributed by atoms with van der Waals surface area (Å²) in [5.74, 6) is -0.100. The van der Waals surface area contributed by atoms with Crippen LogP contribution in [0, 0.1) is 0 Å². The molecule has 3 N–H and O–H groups in total. The maximum Gasteiger partial charge on any atom is 0.241 e. The number of sulfonamides is 1. The lowest BCUT2D eigenvalue weighted by atomic mass is 10.2. The topological polar surface area (TPSA) is 98.5 Å². The number of hydrogen-bond donors (Lipinski definition) is 2. The Morgan fingerprint density at radius 2 is 2.14 bits per heavy atom. The van der Waals surface area contributed by atoms with Crippen LogP contribution in [0.1, 0.15) is 4.88 Å². The number of ether oxygens (including phenoxy) is 1. The molecule has 0 bridgehead atoms. The van der Waals surface area contributed by atoms with Crippen molar-refractivity contribution in [3.63, 3.8) is 0 Å². The molecule has 6 nitrogen and oxygen atoms in total. The van der Waals surface area contributed by atoms with E-state index in [0.29, 0.717) is 5.69 Å². The summed E-state index contributed by atoms with van der Waals surface area (Å²) < 4.78 is 27.9. The Morgan fingerprint density at radius 1 is 1.38 bits per heavy atom. The minimum Gasteiger partial charge on any atom is -0.495 e. The van der Waals surface area contributed by atoms with Crippen LogP contribution in [-0.4, -0.2) is 21.4 Å². The molecule has 0 aliphatic heterocycles. The molecule has 21 heavy (non-hydrogen) atoms. The number of nitrogens with two attached hydrogens (primary N) is 1. The zero-order valence-electron chi connectivity index (χ0n) is 11.2. The van der Waals surface area contributed by atoms with Gasteiger partial charge < -0.3 is 10.1 Å². The molecule has 112 valence electrons. The predicted molar refractivity (Wildman–Crippen MR) is 81.0 cm³/mol. The highest BCUT2D eigenvalue weighted by atomic mass is 32.2. The number of benzene rings is 1. The number of methoxy groups -OCH3 is 1. The highest BCUT2D eigenvalue weighted by Crippen LogP contribution is 2.26. The number of primary sulfonamides is 1. The van der Waals surface area contributed by atoms with Crippen molar-refractivity contribution in [1.29, 1.82) is 0 Å². The molecule has 1 heterocycles. The van der Waals surface area contributed by atoms with E-state index in [4.69, 9.17) is 9.88 Å². The average molecular weight is 326 g/mol. The molecule has 0 unspecified atom stereocenters. The van der Waals surface area contributed by atoms with Crippen LogP contribution in [0.4, 0.5) is 5.69 Å². The molecule has 2 rings (SSSR count). The van der Waals surface area contributed by atoms with Crippen molar-refractivity contribution in [1.82, 2.24) is 0 Å². The second-order valence-electron chi connectivity index (χ2n) is 4.21. The summed E-state index contributed by atoms with van der Waals surface area (Å²) in [5.41, 5.74) is 0.349. The average Bonchev–Trinajstić information content (AvgIpc) is 2.90. The zero-order chi connectivity index (χ0) is 15.5. The number of amides is 1. The molecule has 8 heteroatoms. The molecule has 0 saturated heterocycles. The molecule has 1 amide bonds. The van der Waals surface area contributed by atoms with E-state index in [1.165, 1.54) is 30.6 Å². The molecular weight excluding hydrogens is 312 g/mol. The van der Waals surface area contributed by atoms with E-state index in [1.54, 1.807) is 6.07 Å². The first-order chi connectivity index (χ1) is 9.90. The first kappa shape index (κ1) is 15.5. The molecule has 0 aliphatic rings. The molecule has 0 spiro atoms. The van der Waals surface area contributed by atoms with Crippen LogP contribution < -0.4 is 15.2 Å². The van der Waals surface area contributed by atoms with Crippen LogP contribution >= 0.6 is 11.3 Å². The van der Waals surface area contributed by atoms with Crippen molar-refractivity contribution in [2.24, 2.45) is 5.14 Å². The van der Waals surface area contributed by atoms with Gasteiger partial charge in [-0.2, -0.15) is 0 Å². The van der Waals surface area contributed by atoms with Gasteiger partial charge in [0.2, 0.25) is 15.9 Å². The van der Waals surface area contributed by atoms with E-state index in [2.05, 4.69) is 5.32 Å². The lowest BCUT2D eigenvalue weighted by Crippen LogP contribution is -2.16. The fraction of sp³-hybridized carbons (Fsp3) is 0.154. The summed E-state index contributed by atoms with van der Waals surface area (Å²) in [4.78, 5) is 12.6. The van der Waals surface area contributed by atoms with Crippen LogP contribution in [0.15, 0.2) is 40.6 Å². The van der Waals surface area contributed by atoms with E-state index in [9.17, 15) is 13.2 Å². The summed E-state index contributed by atoms with van der Waals surface area (Å²) in [7, 11) is -2.58. The third kappa shape index (κ3) is 4.03. The van der Waals surface area contributed by atoms with E-state index in [-0.39, 0.29) is 23.0 Å². The van der Waals surface area contributed by atoms with Crippen molar-refractivity contribution >= 4 is 33.0 Å². The van der Waals surface area contributed by atoms with Crippen LogP contribution in [-0.2, 0) is 21.2 Å². The third-order valence-corrected chi connectivity index (χ3v) is 4.48. The number of anilines is 1. The van der Waals surface area contributed by atoms with Crippen LogP contribution in [0.25, 0.3) is 0 Å². The molecule has 1 aromatic carbocycles. The third-order valence-electron chi connectivity index (χ3n) is 2.67. The van der Waals surface area contributed by atoms with Gasteiger partial charge in [0.25, 0.3) is 0 Å². The van der Waals surface area contributed by atoms with E-state index in [0.717, 1.165) is 4.88 Å². The largest absolute Gasteiger partial charge is 0.495 e. The molecular formula is C13H14N2O4S2. The normalized spacial score (nSPS) is 11.1. The molecule has 0 radical (unpaired) electrons. The van der Waals surface area contributed by atoms with Gasteiger partial charge in [-0.3, -0.25) is 4.79 Å². The van der Waals surface area contributed by atoms with Gasteiger partial charge in [0.15, 0.2) is 0 Å². The smallest absolute Gasteiger partial charge is 0.241 e. The SMILES string of the molecule is COc1ccc(NC(=O)Cc2cccs2)cc1S(N)(=O)=O. The molecule has 0 saturated carbocycles. The second kappa shape index (κ2) is 6.25. The maximum atomic E-state index is 11.9. The fourth-order valence-electron chi connectivity index (χ4n) is 1.75. The standard InChI is InChI=1S/C13H14N2O4S2/c1-19-11-5-4-9(7-12(11)21(14,17)18)15-13(16)8-10-3-2-6-20-10/h2-7H,8H2,1H3,(H,15,16)(H2,14,17,18). The number of rotatable bonds is 5. The summed E-state index contributed by atoms with van der Waals surface area (Å²) in [6.45, 7) is 0. The Labute approximate surface area is 126 Å². The number of hydrogen-bond acceptors (Lipinski definition) is 5. The Morgan fingerprint density at radius 3 is 2.71 bits per heavy atom. The van der Waals surface area contributed by atoms with E-state index < -0.39 is 10.0 Å². The lowest BCUT2D eigenvalue weighted by molar-refractivity contribution is -0.115. The Bertz CT molecular complexity index is 740. The zero-order valence-corrected chi connectivity index (χ0v) is 12.8. The van der Waals surface area contributed by atoms with E-state index >= 15 is 0 Å².